The molecule has 66 valence electrons. The molecule has 0 N–H and O–H groups in total. The highest BCUT2D eigenvalue weighted by Crippen LogP contribution is 2.30. The van der Waals surface area contributed by atoms with Gasteiger partial charge in [-0.15, -0.1) is 11.3 Å². The zero-order chi connectivity index (χ0) is 8.39. The van der Waals surface area contributed by atoms with Gasteiger partial charge in [0.2, 0.25) is 0 Å². The van der Waals surface area contributed by atoms with Crippen molar-refractivity contribution in [3.05, 3.63) is 16.6 Å². The molecule has 2 rings (SSSR count). The highest BCUT2D eigenvalue weighted by Gasteiger charge is 2.21. The summed E-state index contributed by atoms with van der Waals surface area (Å²) in [5.74, 6) is 0. The Hall–Kier alpha value is -0.410. The molecule has 0 saturated carbocycles. The third kappa shape index (κ3) is 1.52. The molecule has 1 aromatic heterocycles. The lowest BCUT2D eigenvalue weighted by Gasteiger charge is -2.30. The van der Waals surface area contributed by atoms with Crippen molar-refractivity contribution in [2.24, 2.45) is 0 Å². The van der Waals surface area contributed by atoms with Gasteiger partial charge in [-0.25, -0.2) is 4.98 Å². The van der Waals surface area contributed by atoms with Crippen molar-refractivity contribution in [1.29, 1.82) is 0 Å². The van der Waals surface area contributed by atoms with Crippen LogP contribution < -0.4 is 0 Å². The van der Waals surface area contributed by atoms with Crippen LogP contribution in [0.25, 0.3) is 0 Å². The van der Waals surface area contributed by atoms with Crippen LogP contribution in [-0.2, 0) is 0 Å². The molecule has 0 radical (unpaired) electrons. The first-order valence-electron chi connectivity index (χ1n) is 4.47. The quantitative estimate of drug-likeness (QED) is 0.662. The van der Waals surface area contributed by atoms with Crippen LogP contribution in [0.5, 0.6) is 0 Å². The Morgan fingerprint density at radius 2 is 2.50 bits per heavy atom. The van der Waals surface area contributed by atoms with E-state index >= 15 is 0 Å². The molecule has 1 aromatic rings. The van der Waals surface area contributed by atoms with Crippen LogP contribution in [0, 0.1) is 0 Å². The number of piperidine rings is 1. The summed E-state index contributed by atoms with van der Waals surface area (Å²) in [6, 6.07) is 0.596. The average Bonchev–Trinajstić information content (AvgIpc) is 2.57. The largest absolute Gasteiger partial charge is 0.297 e. The lowest BCUT2D eigenvalue weighted by atomic mass is 10.0. The van der Waals surface area contributed by atoms with Crippen LogP contribution in [0.1, 0.15) is 30.3 Å². The van der Waals surface area contributed by atoms with Gasteiger partial charge in [-0.2, -0.15) is 0 Å². The third-order valence-corrected chi connectivity index (χ3v) is 3.38. The molecule has 0 amide bonds. The van der Waals surface area contributed by atoms with Crippen LogP contribution in [0.2, 0.25) is 0 Å². The average molecular weight is 182 g/mol. The first kappa shape index (κ1) is 8.20. The second kappa shape index (κ2) is 3.54. The molecular weight excluding hydrogens is 168 g/mol. The Labute approximate surface area is 77.2 Å². The zero-order valence-electron chi connectivity index (χ0n) is 7.36. The molecule has 1 aliphatic rings. The van der Waals surface area contributed by atoms with Gasteiger partial charge >= 0.3 is 0 Å². The first-order valence-corrected chi connectivity index (χ1v) is 5.35. The van der Waals surface area contributed by atoms with Gasteiger partial charge in [-0.1, -0.05) is 6.42 Å². The summed E-state index contributed by atoms with van der Waals surface area (Å²) in [6.07, 6.45) is 5.89. The number of nitrogens with zero attached hydrogens (tertiary/aromatic N) is 2. The number of rotatable bonds is 1. The van der Waals surface area contributed by atoms with E-state index in [9.17, 15) is 0 Å². The van der Waals surface area contributed by atoms with E-state index in [1.54, 1.807) is 11.3 Å². The van der Waals surface area contributed by atoms with Crippen LogP contribution in [0.4, 0.5) is 0 Å². The molecule has 3 heteroatoms. The smallest absolute Gasteiger partial charge is 0.110 e. The van der Waals surface area contributed by atoms with Crippen LogP contribution >= 0.6 is 11.3 Å². The normalized spacial score (nSPS) is 25.9. The Bertz CT molecular complexity index is 233. The van der Waals surface area contributed by atoms with Gasteiger partial charge in [0, 0.05) is 11.6 Å². The van der Waals surface area contributed by atoms with Gasteiger partial charge in [0.05, 0.1) is 6.04 Å². The van der Waals surface area contributed by atoms with Crippen molar-refractivity contribution < 1.29 is 0 Å². The Balaban J connectivity index is 2.11. The van der Waals surface area contributed by atoms with E-state index in [1.807, 2.05) is 6.20 Å². The lowest BCUT2D eigenvalue weighted by Crippen LogP contribution is -2.29. The number of thiazole rings is 1. The fourth-order valence-electron chi connectivity index (χ4n) is 1.79. The highest BCUT2D eigenvalue weighted by molar-refractivity contribution is 7.09. The number of hydrogen-bond acceptors (Lipinski definition) is 3. The molecule has 0 spiro atoms. The van der Waals surface area contributed by atoms with Gasteiger partial charge in [0.25, 0.3) is 0 Å². The van der Waals surface area contributed by atoms with E-state index in [-0.39, 0.29) is 0 Å². The summed E-state index contributed by atoms with van der Waals surface area (Å²) in [7, 11) is 2.20. The van der Waals surface area contributed by atoms with Crippen molar-refractivity contribution in [1.82, 2.24) is 9.88 Å². The van der Waals surface area contributed by atoms with E-state index in [4.69, 9.17) is 0 Å². The SMILES string of the molecule is CN1CCCCC1c1nccs1. The molecular formula is C9H14N2S. The molecule has 1 fully saturated rings. The predicted molar refractivity (Wildman–Crippen MR) is 51.3 cm³/mol. The van der Waals surface area contributed by atoms with E-state index in [0.29, 0.717) is 6.04 Å². The molecule has 2 nitrogen and oxygen atoms in total. The second-order valence-corrected chi connectivity index (χ2v) is 4.29. The van der Waals surface area contributed by atoms with Crippen LogP contribution in [0.15, 0.2) is 11.6 Å². The van der Waals surface area contributed by atoms with Crippen molar-refractivity contribution >= 4 is 11.3 Å². The second-order valence-electron chi connectivity index (χ2n) is 3.36. The van der Waals surface area contributed by atoms with Crippen LogP contribution in [-0.4, -0.2) is 23.5 Å². The topological polar surface area (TPSA) is 16.1 Å². The van der Waals surface area contributed by atoms with Crippen LogP contribution in [0.3, 0.4) is 0 Å². The summed E-state index contributed by atoms with van der Waals surface area (Å²) in [5, 5.41) is 3.36. The number of aromatic nitrogens is 1. The summed E-state index contributed by atoms with van der Waals surface area (Å²) in [4.78, 5) is 6.79. The van der Waals surface area contributed by atoms with E-state index < -0.39 is 0 Å². The van der Waals surface area contributed by atoms with Gasteiger partial charge in [-0.3, -0.25) is 4.90 Å². The Morgan fingerprint density at radius 1 is 1.58 bits per heavy atom. The van der Waals surface area contributed by atoms with Gasteiger partial charge in [0.15, 0.2) is 0 Å². The molecule has 2 heterocycles. The minimum absolute atomic E-state index is 0.596. The lowest BCUT2D eigenvalue weighted by molar-refractivity contribution is 0.187. The van der Waals surface area contributed by atoms with E-state index in [1.165, 1.54) is 30.8 Å². The summed E-state index contributed by atoms with van der Waals surface area (Å²) < 4.78 is 0. The fourth-order valence-corrected chi connectivity index (χ4v) is 2.62. The third-order valence-electron chi connectivity index (χ3n) is 2.51. The molecule has 1 saturated heterocycles. The summed E-state index contributed by atoms with van der Waals surface area (Å²) in [5.41, 5.74) is 0. The van der Waals surface area contributed by atoms with Gasteiger partial charge < -0.3 is 0 Å². The summed E-state index contributed by atoms with van der Waals surface area (Å²) >= 11 is 1.78. The minimum atomic E-state index is 0.596. The molecule has 0 bridgehead atoms. The molecule has 1 aliphatic heterocycles. The van der Waals surface area contributed by atoms with Crippen molar-refractivity contribution in [3.8, 4) is 0 Å². The Kier molecular flexibility index (Phi) is 2.42. The maximum absolute atomic E-state index is 4.37. The number of likely N-dealkylation sites (tertiary alicyclic amines) is 1. The minimum Gasteiger partial charge on any atom is -0.297 e. The van der Waals surface area contributed by atoms with Gasteiger partial charge in [-0.05, 0) is 26.4 Å². The fraction of sp³-hybridized carbons (Fsp3) is 0.667. The van der Waals surface area contributed by atoms with E-state index in [2.05, 4.69) is 22.3 Å². The molecule has 12 heavy (non-hydrogen) atoms. The molecule has 0 aliphatic carbocycles. The maximum Gasteiger partial charge on any atom is 0.110 e. The van der Waals surface area contributed by atoms with Gasteiger partial charge in [0.1, 0.15) is 5.01 Å². The van der Waals surface area contributed by atoms with Crippen molar-refractivity contribution in [3.63, 3.8) is 0 Å². The van der Waals surface area contributed by atoms with Crippen molar-refractivity contribution in [2.45, 2.75) is 25.3 Å². The molecule has 0 aromatic carbocycles. The highest BCUT2D eigenvalue weighted by atomic mass is 32.1. The zero-order valence-corrected chi connectivity index (χ0v) is 8.18. The number of hydrogen-bond donors (Lipinski definition) is 0. The Morgan fingerprint density at radius 3 is 3.17 bits per heavy atom. The maximum atomic E-state index is 4.37. The van der Waals surface area contributed by atoms with E-state index in [0.717, 1.165) is 0 Å². The standard InChI is InChI=1S/C9H14N2S/c1-11-6-3-2-4-8(11)9-10-5-7-12-9/h5,7-8H,2-4,6H2,1H3. The molecule has 1 atom stereocenters. The predicted octanol–water partition coefficient (Wildman–Crippen LogP) is 2.30. The first-order chi connectivity index (χ1) is 5.88. The monoisotopic (exact) mass is 182 g/mol. The van der Waals surface area contributed by atoms with Crippen molar-refractivity contribution in [2.75, 3.05) is 13.6 Å². The molecule has 1 unspecified atom stereocenters. The summed E-state index contributed by atoms with van der Waals surface area (Å²) in [6.45, 7) is 1.23.